The van der Waals surface area contributed by atoms with Crippen molar-refractivity contribution >= 4 is 32.1 Å². The molecule has 0 saturated heterocycles. The summed E-state index contributed by atoms with van der Waals surface area (Å²) in [4.78, 5) is 8.42. The van der Waals surface area contributed by atoms with Crippen molar-refractivity contribution < 1.29 is 22.1 Å². The van der Waals surface area contributed by atoms with Crippen LogP contribution in [0.15, 0.2) is 51.7 Å². The number of nitrogens with one attached hydrogen (secondary N) is 1. The number of hydrogen-bond acceptors (Lipinski definition) is 8. The molecule has 4 N–H and O–H groups in total. The second kappa shape index (κ2) is 10.5. The third kappa shape index (κ3) is 6.42. The fourth-order valence-electron chi connectivity index (χ4n) is 4.28. The molecule has 34 heavy (non-hydrogen) atoms. The first kappa shape index (κ1) is 24.8. The van der Waals surface area contributed by atoms with E-state index in [0.717, 1.165) is 34.2 Å². The van der Waals surface area contributed by atoms with Crippen LogP contribution in [0.5, 0.6) is 0 Å². The summed E-state index contributed by atoms with van der Waals surface area (Å²) in [5, 5.41) is 19.4. The number of nitrogens with two attached hydrogens (primary N) is 1. The molecule has 1 aliphatic carbocycles. The predicted molar refractivity (Wildman–Crippen MR) is 130 cm³/mol. The number of aliphatic hydroxyl groups is 1. The number of benzene rings is 1. The zero-order valence-electron chi connectivity index (χ0n) is 18.6. The second-order valence-electron chi connectivity index (χ2n) is 8.56. The number of nitrogens with zero attached hydrogens (tertiary/aromatic N) is 2. The Labute approximate surface area is 207 Å². The Balaban J connectivity index is 1.45. The Bertz CT molecular complexity index is 1250. The molecular formula is C23H27BrN4O5S. The first-order valence-corrected chi connectivity index (χ1v) is 13.2. The molecule has 1 aliphatic rings. The van der Waals surface area contributed by atoms with Gasteiger partial charge in [0.05, 0.1) is 6.61 Å². The van der Waals surface area contributed by atoms with Gasteiger partial charge in [-0.15, -0.1) is 0 Å². The van der Waals surface area contributed by atoms with E-state index in [0.29, 0.717) is 30.0 Å². The van der Waals surface area contributed by atoms with Crippen molar-refractivity contribution in [3.63, 3.8) is 0 Å². The molecule has 182 valence electrons. The van der Waals surface area contributed by atoms with Crippen LogP contribution in [0.2, 0.25) is 0 Å². The first-order chi connectivity index (χ1) is 16.2. The van der Waals surface area contributed by atoms with Crippen LogP contribution >= 0.6 is 15.9 Å². The summed E-state index contributed by atoms with van der Waals surface area (Å²) in [5.41, 5.74) is 2.63. The van der Waals surface area contributed by atoms with Crippen molar-refractivity contribution in [1.82, 2.24) is 9.97 Å². The normalized spacial score (nSPS) is 19.3. The van der Waals surface area contributed by atoms with E-state index in [9.17, 15) is 13.5 Å². The Morgan fingerprint density at radius 3 is 2.94 bits per heavy atom. The highest BCUT2D eigenvalue weighted by Crippen LogP contribution is 2.33. The summed E-state index contributed by atoms with van der Waals surface area (Å²) >= 11 is 3.49. The fraction of sp³-hybridized carbons (Fsp3) is 0.391. The highest BCUT2D eigenvalue weighted by molar-refractivity contribution is 9.10. The Hall–Kier alpha value is -2.31. The molecule has 0 aliphatic heterocycles. The SMILES string of the molecule is Cc1oc(C(O)c2cncnc2N[C@H]2CCC(COS(N)(=O)=O)C2)cc1Cc1cccc(Br)c1. The topological polar surface area (TPSA) is 141 Å². The van der Waals surface area contributed by atoms with Gasteiger partial charge in [-0.05, 0) is 61.4 Å². The van der Waals surface area contributed by atoms with Gasteiger partial charge in [-0.25, -0.2) is 15.1 Å². The Morgan fingerprint density at radius 2 is 2.18 bits per heavy atom. The minimum atomic E-state index is -3.95. The van der Waals surface area contributed by atoms with Gasteiger partial charge in [-0.2, -0.15) is 8.42 Å². The third-order valence-corrected chi connectivity index (χ3v) is 6.94. The molecule has 0 spiro atoms. The maximum Gasteiger partial charge on any atom is 0.333 e. The molecule has 2 aromatic heterocycles. The van der Waals surface area contributed by atoms with Crippen LogP contribution in [0, 0.1) is 12.8 Å². The molecule has 11 heteroatoms. The van der Waals surface area contributed by atoms with Gasteiger partial charge in [0.2, 0.25) is 0 Å². The molecule has 1 fully saturated rings. The fourth-order valence-corrected chi connectivity index (χ4v) is 5.11. The number of aliphatic hydroxyl groups excluding tert-OH is 1. The lowest BCUT2D eigenvalue weighted by molar-refractivity contribution is 0.187. The molecule has 3 atom stereocenters. The van der Waals surface area contributed by atoms with Crippen LogP contribution in [0.3, 0.4) is 0 Å². The maximum atomic E-state index is 11.1. The van der Waals surface area contributed by atoms with Crippen LogP contribution in [-0.2, 0) is 20.9 Å². The Morgan fingerprint density at radius 1 is 1.35 bits per heavy atom. The van der Waals surface area contributed by atoms with Crippen LogP contribution in [0.1, 0.15) is 53.6 Å². The quantitative estimate of drug-likeness (QED) is 0.366. The molecule has 9 nitrogen and oxygen atoms in total. The average Bonchev–Trinajstić information content (AvgIpc) is 3.38. The van der Waals surface area contributed by atoms with E-state index in [2.05, 4.69) is 37.3 Å². The van der Waals surface area contributed by atoms with Gasteiger partial charge >= 0.3 is 10.3 Å². The van der Waals surface area contributed by atoms with E-state index < -0.39 is 16.4 Å². The van der Waals surface area contributed by atoms with E-state index in [4.69, 9.17) is 13.7 Å². The maximum absolute atomic E-state index is 11.1. The Kier molecular flexibility index (Phi) is 7.68. The van der Waals surface area contributed by atoms with Crippen molar-refractivity contribution in [2.75, 3.05) is 11.9 Å². The van der Waals surface area contributed by atoms with E-state index in [1.807, 2.05) is 31.2 Å². The summed E-state index contributed by atoms with van der Waals surface area (Å²) in [7, 11) is -3.95. The van der Waals surface area contributed by atoms with Gasteiger partial charge in [0, 0.05) is 28.7 Å². The second-order valence-corrected chi connectivity index (χ2v) is 10.7. The minimum Gasteiger partial charge on any atom is -0.463 e. The van der Waals surface area contributed by atoms with Gasteiger partial charge in [-0.3, -0.25) is 4.18 Å². The van der Waals surface area contributed by atoms with Crippen LogP contribution < -0.4 is 10.5 Å². The van der Waals surface area contributed by atoms with Gasteiger partial charge in [0.25, 0.3) is 0 Å². The van der Waals surface area contributed by atoms with Crippen molar-refractivity contribution in [3.05, 3.63) is 75.5 Å². The van der Waals surface area contributed by atoms with Gasteiger partial charge in [0.15, 0.2) is 0 Å². The zero-order chi connectivity index (χ0) is 24.3. The number of aryl methyl sites for hydroxylation is 1. The van der Waals surface area contributed by atoms with Crippen LogP contribution in [0.4, 0.5) is 5.82 Å². The standard InChI is InChI=1S/C23H27BrN4O5S/c1-14-17(7-15-3-2-4-18(24)8-15)10-21(33-14)22(29)20-11-26-13-27-23(20)28-19-6-5-16(9-19)12-32-34(25,30)31/h2-4,8,10-11,13,16,19,22,29H,5-7,9,12H2,1H3,(H2,25,30,31)(H,26,27,28)/t16?,19-,22?/m0/s1. The van der Waals surface area contributed by atoms with Crippen molar-refractivity contribution in [1.29, 1.82) is 0 Å². The summed E-state index contributed by atoms with van der Waals surface area (Å²) in [6.07, 6.45) is 4.94. The number of anilines is 1. The molecule has 0 bridgehead atoms. The van der Waals surface area contributed by atoms with Crippen molar-refractivity contribution in [2.24, 2.45) is 11.1 Å². The number of hydrogen-bond donors (Lipinski definition) is 3. The molecule has 2 heterocycles. The van der Waals surface area contributed by atoms with Gasteiger partial charge < -0.3 is 14.8 Å². The van der Waals surface area contributed by atoms with E-state index in [-0.39, 0.29) is 18.6 Å². The van der Waals surface area contributed by atoms with Crippen molar-refractivity contribution in [2.45, 2.75) is 44.8 Å². The highest BCUT2D eigenvalue weighted by Gasteiger charge is 2.28. The molecular weight excluding hydrogens is 524 g/mol. The summed E-state index contributed by atoms with van der Waals surface area (Å²) in [6, 6.07) is 9.99. The van der Waals surface area contributed by atoms with Crippen molar-refractivity contribution in [3.8, 4) is 0 Å². The molecule has 0 radical (unpaired) electrons. The van der Waals surface area contributed by atoms with E-state index in [1.165, 1.54) is 6.33 Å². The molecule has 0 amide bonds. The molecule has 4 rings (SSSR count). The lowest BCUT2D eigenvalue weighted by atomic mass is 10.0. The van der Waals surface area contributed by atoms with Gasteiger partial charge in [0.1, 0.15) is 29.8 Å². The summed E-state index contributed by atoms with van der Waals surface area (Å²) < 4.78 is 33.7. The summed E-state index contributed by atoms with van der Waals surface area (Å²) in [6.45, 7) is 1.94. The predicted octanol–water partition coefficient (Wildman–Crippen LogP) is 3.61. The average molecular weight is 551 g/mol. The first-order valence-electron chi connectivity index (χ1n) is 10.9. The third-order valence-electron chi connectivity index (χ3n) is 5.98. The van der Waals surface area contributed by atoms with Crippen LogP contribution in [0.25, 0.3) is 0 Å². The number of halogens is 1. The number of furan rings is 1. The van der Waals surface area contributed by atoms with E-state index >= 15 is 0 Å². The molecule has 1 aromatic carbocycles. The smallest absolute Gasteiger partial charge is 0.333 e. The largest absolute Gasteiger partial charge is 0.463 e. The number of rotatable bonds is 9. The zero-order valence-corrected chi connectivity index (χ0v) is 21.0. The minimum absolute atomic E-state index is 0.0559. The molecule has 1 saturated carbocycles. The highest BCUT2D eigenvalue weighted by atomic mass is 79.9. The lowest BCUT2D eigenvalue weighted by Crippen LogP contribution is -2.22. The van der Waals surface area contributed by atoms with Gasteiger partial charge in [-0.1, -0.05) is 28.1 Å². The number of aromatic nitrogens is 2. The molecule has 2 unspecified atom stereocenters. The monoisotopic (exact) mass is 550 g/mol. The van der Waals surface area contributed by atoms with Crippen LogP contribution in [-0.4, -0.2) is 36.1 Å². The van der Waals surface area contributed by atoms with E-state index in [1.54, 1.807) is 6.20 Å². The lowest BCUT2D eigenvalue weighted by Gasteiger charge is -2.18. The summed E-state index contributed by atoms with van der Waals surface area (Å²) in [5.74, 6) is 1.75. The molecule has 3 aromatic rings.